The molecule has 5 nitrogen and oxygen atoms in total. The molecule has 0 aliphatic carbocycles. The lowest BCUT2D eigenvalue weighted by molar-refractivity contribution is -0.126. The average molecular weight is 287 g/mol. The van der Waals surface area contributed by atoms with Gasteiger partial charge >= 0.3 is 0 Å². The Hall–Kier alpha value is -2.30. The lowest BCUT2D eigenvalue weighted by atomic mass is 10.0. The molecule has 1 aromatic carbocycles. The second kappa shape index (κ2) is 5.99. The van der Waals surface area contributed by atoms with Gasteiger partial charge in [-0.2, -0.15) is 0 Å². The monoisotopic (exact) mass is 287 g/mol. The number of hydrogen-bond donors (Lipinski definition) is 3. The molecule has 2 amide bonds. The van der Waals surface area contributed by atoms with Crippen molar-refractivity contribution < 1.29 is 9.59 Å². The molecule has 0 saturated heterocycles. The van der Waals surface area contributed by atoms with Gasteiger partial charge in [0.1, 0.15) is 6.04 Å². The van der Waals surface area contributed by atoms with Gasteiger partial charge in [0, 0.05) is 29.2 Å². The van der Waals surface area contributed by atoms with E-state index in [1.165, 1.54) is 6.92 Å². The fourth-order valence-electron chi connectivity index (χ4n) is 2.33. The summed E-state index contributed by atoms with van der Waals surface area (Å²) in [5.41, 5.74) is 2.84. The van der Waals surface area contributed by atoms with Crippen LogP contribution in [0.25, 0.3) is 10.9 Å². The highest BCUT2D eigenvalue weighted by Gasteiger charge is 2.23. The standard InChI is InChI=1S/C16H21N3O2/c1-9(2)15(18-11(4)20)16(21)19-13-5-6-14-12(8-13)7-10(3)17-14/h5-9,15,17H,1-4H3,(H,18,20)(H,19,21). The first-order valence-electron chi connectivity index (χ1n) is 7.04. The van der Waals surface area contributed by atoms with Crippen LogP contribution in [0.2, 0.25) is 0 Å². The third kappa shape index (κ3) is 3.62. The van der Waals surface area contributed by atoms with E-state index in [1.54, 1.807) is 0 Å². The zero-order valence-electron chi connectivity index (χ0n) is 12.8. The van der Waals surface area contributed by atoms with E-state index < -0.39 is 6.04 Å². The van der Waals surface area contributed by atoms with Gasteiger partial charge in [-0.3, -0.25) is 9.59 Å². The van der Waals surface area contributed by atoms with E-state index in [4.69, 9.17) is 0 Å². The fraction of sp³-hybridized carbons (Fsp3) is 0.375. The largest absolute Gasteiger partial charge is 0.359 e. The topological polar surface area (TPSA) is 74.0 Å². The number of aromatic amines is 1. The summed E-state index contributed by atoms with van der Waals surface area (Å²) < 4.78 is 0. The molecular weight excluding hydrogens is 266 g/mol. The van der Waals surface area contributed by atoms with Gasteiger partial charge in [0.15, 0.2) is 0 Å². The van der Waals surface area contributed by atoms with Crippen LogP contribution in [0.15, 0.2) is 24.3 Å². The van der Waals surface area contributed by atoms with E-state index >= 15 is 0 Å². The van der Waals surface area contributed by atoms with Crippen molar-refractivity contribution in [2.45, 2.75) is 33.7 Å². The van der Waals surface area contributed by atoms with Gasteiger partial charge in [-0.1, -0.05) is 13.8 Å². The molecule has 0 aliphatic rings. The van der Waals surface area contributed by atoms with Crippen LogP contribution in [0, 0.1) is 12.8 Å². The second-order valence-corrected chi connectivity index (χ2v) is 5.67. The summed E-state index contributed by atoms with van der Waals surface area (Å²) in [5.74, 6) is -0.389. The maximum Gasteiger partial charge on any atom is 0.247 e. The quantitative estimate of drug-likeness (QED) is 0.808. The molecule has 1 aromatic heterocycles. The summed E-state index contributed by atoms with van der Waals surface area (Å²) in [7, 11) is 0. The minimum Gasteiger partial charge on any atom is -0.359 e. The number of rotatable bonds is 4. The van der Waals surface area contributed by atoms with E-state index in [2.05, 4.69) is 15.6 Å². The number of benzene rings is 1. The van der Waals surface area contributed by atoms with Gasteiger partial charge in [-0.15, -0.1) is 0 Å². The van der Waals surface area contributed by atoms with Gasteiger partial charge in [0.2, 0.25) is 11.8 Å². The van der Waals surface area contributed by atoms with Crippen LogP contribution in [-0.4, -0.2) is 22.8 Å². The lowest BCUT2D eigenvalue weighted by Crippen LogP contribution is -2.46. The molecule has 2 rings (SSSR count). The number of aromatic nitrogens is 1. The summed E-state index contributed by atoms with van der Waals surface area (Å²) in [4.78, 5) is 26.7. The van der Waals surface area contributed by atoms with Crippen LogP contribution in [0.1, 0.15) is 26.5 Å². The molecule has 0 fully saturated rings. The Morgan fingerprint density at radius 3 is 2.52 bits per heavy atom. The molecular formula is C16H21N3O2. The maximum atomic E-state index is 12.3. The highest BCUT2D eigenvalue weighted by molar-refractivity contribution is 5.98. The number of anilines is 1. The molecule has 0 saturated carbocycles. The Balaban J connectivity index is 2.17. The normalized spacial score (nSPS) is 12.4. The van der Waals surface area contributed by atoms with Crippen LogP contribution in [0.5, 0.6) is 0 Å². The van der Waals surface area contributed by atoms with Gasteiger partial charge in [0.25, 0.3) is 0 Å². The number of carbonyl (C=O) groups is 2. The van der Waals surface area contributed by atoms with Crippen LogP contribution < -0.4 is 10.6 Å². The molecule has 112 valence electrons. The summed E-state index contributed by atoms with van der Waals surface area (Å²) >= 11 is 0. The second-order valence-electron chi connectivity index (χ2n) is 5.67. The first kappa shape index (κ1) is 15.1. The molecule has 3 N–H and O–H groups in total. The molecule has 2 aromatic rings. The van der Waals surface area contributed by atoms with Crippen LogP contribution >= 0.6 is 0 Å². The molecule has 1 heterocycles. The van der Waals surface area contributed by atoms with Gasteiger partial charge in [0.05, 0.1) is 0 Å². The Kier molecular flexibility index (Phi) is 4.31. The van der Waals surface area contributed by atoms with Gasteiger partial charge in [-0.05, 0) is 37.1 Å². The molecule has 1 atom stereocenters. The van der Waals surface area contributed by atoms with E-state index in [1.807, 2.05) is 45.0 Å². The molecule has 0 aliphatic heterocycles. The summed E-state index contributed by atoms with van der Waals surface area (Å²) in [6, 6.07) is 7.19. The molecule has 5 heteroatoms. The number of aryl methyl sites for hydroxylation is 1. The van der Waals surface area contributed by atoms with Gasteiger partial charge in [-0.25, -0.2) is 0 Å². The van der Waals surface area contributed by atoms with Crippen molar-refractivity contribution in [2.24, 2.45) is 5.92 Å². The minimum absolute atomic E-state index is 0.0205. The summed E-state index contributed by atoms with van der Waals surface area (Å²) in [6.45, 7) is 7.21. The predicted molar refractivity (Wildman–Crippen MR) is 84.1 cm³/mol. The van der Waals surface area contributed by atoms with E-state index in [0.717, 1.165) is 22.3 Å². The highest BCUT2D eigenvalue weighted by Crippen LogP contribution is 2.20. The van der Waals surface area contributed by atoms with Crippen molar-refractivity contribution in [3.05, 3.63) is 30.0 Å². The van der Waals surface area contributed by atoms with Crippen molar-refractivity contribution in [1.82, 2.24) is 10.3 Å². The number of H-pyrrole nitrogens is 1. The van der Waals surface area contributed by atoms with Crippen molar-refractivity contribution in [2.75, 3.05) is 5.32 Å². The molecule has 0 bridgehead atoms. The zero-order valence-corrected chi connectivity index (χ0v) is 12.8. The zero-order chi connectivity index (χ0) is 15.6. The summed E-state index contributed by atoms with van der Waals surface area (Å²) in [5, 5.41) is 6.59. The highest BCUT2D eigenvalue weighted by atomic mass is 16.2. The smallest absolute Gasteiger partial charge is 0.247 e. The van der Waals surface area contributed by atoms with Gasteiger partial charge < -0.3 is 15.6 Å². The third-order valence-electron chi connectivity index (χ3n) is 3.33. The van der Waals surface area contributed by atoms with Crippen LogP contribution in [-0.2, 0) is 9.59 Å². The SMILES string of the molecule is CC(=O)NC(C(=O)Nc1ccc2[nH]c(C)cc2c1)C(C)C. The molecule has 1 unspecified atom stereocenters. The van der Waals surface area contributed by atoms with Crippen molar-refractivity contribution >= 4 is 28.4 Å². The minimum atomic E-state index is -0.536. The maximum absolute atomic E-state index is 12.3. The third-order valence-corrected chi connectivity index (χ3v) is 3.33. The molecule has 0 spiro atoms. The van der Waals surface area contributed by atoms with Crippen molar-refractivity contribution in [3.8, 4) is 0 Å². The Labute approximate surface area is 124 Å². The lowest BCUT2D eigenvalue weighted by Gasteiger charge is -2.20. The number of carbonyl (C=O) groups excluding carboxylic acids is 2. The summed E-state index contributed by atoms with van der Waals surface area (Å²) in [6.07, 6.45) is 0. The Morgan fingerprint density at radius 2 is 1.90 bits per heavy atom. The van der Waals surface area contributed by atoms with Crippen LogP contribution in [0.3, 0.4) is 0 Å². The Bertz CT molecular complexity index is 673. The van der Waals surface area contributed by atoms with Crippen LogP contribution in [0.4, 0.5) is 5.69 Å². The van der Waals surface area contributed by atoms with E-state index in [-0.39, 0.29) is 17.7 Å². The first-order chi connectivity index (χ1) is 9.86. The fourth-order valence-corrected chi connectivity index (χ4v) is 2.33. The van der Waals surface area contributed by atoms with E-state index in [9.17, 15) is 9.59 Å². The number of fused-ring (bicyclic) bond motifs is 1. The Morgan fingerprint density at radius 1 is 1.19 bits per heavy atom. The van der Waals surface area contributed by atoms with Crippen molar-refractivity contribution in [3.63, 3.8) is 0 Å². The van der Waals surface area contributed by atoms with E-state index in [0.29, 0.717) is 0 Å². The number of amides is 2. The average Bonchev–Trinajstić information content (AvgIpc) is 2.74. The first-order valence-corrected chi connectivity index (χ1v) is 7.04. The predicted octanol–water partition coefficient (Wildman–Crippen LogP) is 2.58. The number of hydrogen-bond acceptors (Lipinski definition) is 2. The molecule has 21 heavy (non-hydrogen) atoms. The molecule has 0 radical (unpaired) electrons. The van der Waals surface area contributed by atoms with Crippen molar-refractivity contribution in [1.29, 1.82) is 0 Å². The number of nitrogens with one attached hydrogen (secondary N) is 3.